The molecule has 0 aromatic carbocycles. The van der Waals surface area contributed by atoms with Crippen molar-refractivity contribution in [3.05, 3.63) is 29.7 Å². The molecule has 0 saturated carbocycles. The van der Waals surface area contributed by atoms with Gasteiger partial charge in [0.2, 0.25) is 0 Å². The maximum absolute atomic E-state index is 5.95. The molecule has 1 N–H and O–H groups in total. The summed E-state index contributed by atoms with van der Waals surface area (Å²) in [5, 5.41) is 11.5. The molecule has 2 aromatic rings. The number of aromatic nitrogens is 4. The van der Waals surface area contributed by atoms with Crippen molar-refractivity contribution >= 4 is 0 Å². The van der Waals surface area contributed by atoms with E-state index in [1.54, 1.807) is 0 Å². The van der Waals surface area contributed by atoms with Gasteiger partial charge in [0.25, 0.3) is 5.89 Å². The van der Waals surface area contributed by atoms with Gasteiger partial charge in [-0.1, -0.05) is 5.16 Å². The van der Waals surface area contributed by atoms with Crippen LogP contribution in [0, 0.1) is 6.92 Å². The number of ether oxygens (including phenoxy) is 1. The fraction of sp³-hybridized carbons (Fsp3) is 0.643. The zero-order valence-corrected chi connectivity index (χ0v) is 12.5. The summed E-state index contributed by atoms with van der Waals surface area (Å²) in [5.41, 5.74) is 1.19. The van der Waals surface area contributed by atoms with Gasteiger partial charge in [0.1, 0.15) is 6.10 Å². The maximum atomic E-state index is 5.95. The van der Waals surface area contributed by atoms with Crippen molar-refractivity contribution in [2.45, 2.75) is 52.0 Å². The second kappa shape index (κ2) is 6.36. The summed E-state index contributed by atoms with van der Waals surface area (Å²) >= 11 is 0. The van der Waals surface area contributed by atoms with E-state index in [1.165, 1.54) is 5.56 Å². The number of nitrogens with one attached hydrogen (secondary N) is 1. The maximum Gasteiger partial charge on any atom is 0.255 e. The Morgan fingerprint density at radius 1 is 1.43 bits per heavy atom. The largest absolute Gasteiger partial charge is 0.364 e. The Balaban J connectivity index is 1.42. The summed E-state index contributed by atoms with van der Waals surface area (Å²) < 4.78 is 13.0. The Kier molecular flexibility index (Phi) is 4.31. The Morgan fingerprint density at radius 2 is 2.33 bits per heavy atom. The topological polar surface area (TPSA) is 78.0 Å². The highest BCUT2D eigenvalue weighted by Gasteiger charge is 2.30. The fourth-order valence-electron chi connectivity index (χ4n) is 2.53. The quantitative estimate of drug-likeness (QED) is 0.871. The molecule has 7 nitrogen and oxygen atoms in total. The second-order valence-corrected chi connectivity index (χ2v) is 5.34. The van der Waals surface area contributed by atoms with Gasteiger partial charge in [-0.3, -0.25) is 4.68 Å². The van der Waals surface area contributed by atoms with E-state index in [-0.39, 0.29) is 12.2 Å². The molecule has 0 unspecified atom stereocenters. The van der Waals surface area contributed by atoms with Crippen LogP contribution in [-0.2, 0) is 17.8 Å². The van der Waals surface area contributed by atoms with Crippen LogP contribution in [0.5, 0.6) is 0 Å². The highest BCUT2D eigenvalue weighted by Crippen LogP contribution is 2.31. The molecule has 0 bridgehead atoms. The van der Waals surface area contributed by atoms with Gasteiger partial charge in [-0.25, -0.2) is 0 Å². The highest BCUT2D eigenvalue weighted by molar-refractivity contribution is 5.03. The standard InChI is InChI=1S/C14H21N5O2/c1-3-19-9-11(7-16-19)6-15-8-12-4-5-13(20-12)14-17-10(2)18-21-14/h7,9,12-13,15H,3-6,8H2,1-2H3/t12-,13+/m1/s1. The third kappa shape index (κ3) is 3.48. The summed E-state index contributed by atoms with van der Waals surface area (Å²) in [4.78, 5) is 4.23. The first-order valence-electron chi connectivity index (χ1n) is 7.42. The smallest absolute Gasteiger partial charge is 0.255 e. The zero-order chi connectivity index (χ0) is 14.7. The minimum Gasteiger partial charge on any atom is -0.364 e. The van der Waals surface area contributed by atoms with Gasteiger partial charge in [0.05, 0.1) is 12.3 Å². The van der Waals surface area contributed by atoms with Crippen molar-refractivity contribution in [2.75, 3.05) is 6.54 Å². The minimum atomic E-state index is -0.0548. The molecule has 1 saturated heterocycles. The van der Waals surface area contributed by atoms with Crippen LogP contribution in [0.2, 0.25) is 0 Å². The van der Waals surface area contributed by atoms with Crippen molar-refractivity contribution in [3.8, 4) is 0 Å². The van der Waals surface area contributed by atoms with Crippen molar-refractivity contribution in [3.63, 3.8) is 0 Å². The SMILES string of the molecule is CCn1cc(CNC[C@H]2CC[C@@H](c3nc(C)no3)O2)cn1. The molecular weight excluding hydrogens is 270 g/mol. The lowest BCUT2D eigenvalue weighted by atomic mass is 10.2. The molecule has 0 amide bonds. The van der Waals surface area contributed by atoms with E-state index >= 15 is 0 Å². The normalized spacial score (nSPS) is 22.0. The van der Waals surface area contributed by atoms with Crippen LogP contribution < -0.4 is 5.32 Å². The summed E-state index contributed by atoms with van der Waals surface area (Å²) in [6, 6.07) is 0. The molecule has 1 aliphatic rings. The van der Waals surface area contributed by atoms with Gasteiger partial charge in [-0.15, -0.1) is 0 Å². The average molecular weight is 291 g/mol. The van der Waals surface area contributed by atoms with E-state index in [4.69, 9.17) is 9.26 Å². The van der Waals surface area contributed by atoms with Crippen LogP contribution in [0.4, 0.5) is 0 Å². The van der Waals surface area contributed by atoms with Gasteiger partial charge in [-0.2, -0.15) is 10.1 Å². The van der Waals surface area contributed by atoms with Gasteiger partial charge < -0.3 is 14.6 Å². The predicted octanol–water partition coefficient (Wildman–Crippen LogP) is 1.60. The van der Waals surface area contributed by atoms with Gasteiger partial charge in [0.15, 0.2) is 5.82 Å². The molecule has 7 heteroatoms. The van der Waals surface area contributed by atoms with E-state index in [1.807, 2.05) is 17.8 Å². The first-order valence-corrected chi connectivity index (χ1v) is 7.42. The molecular formula is C14H21N5O2. The Morgan fingerprint density at radius 3 is 3.05 bits per heavy atom. The lowest BCUT2D eigenvalue weighted by Crippen LogP contribution is -2.26. The number of rotatable bonds is 6. The molecule has 2 atom stereocenters. The monoisotopic (exact) mass is 291 g/mol. The van der Waals surface area contributed by atoms with Gasteiger partial charge in [0, 0.05) is 31.4 Å². The Hall–Kier alpha value is -1.73. The van der Waals surface area contributed by atoms with E-state index in [0.29, 0.717) is 11.7 Å². The predicted molar refractivity (Wildman–Crippen MR) is 75.5 cm³/mol. The number of hydrogen-bond donors (Lipinski definition) is 1. The molecule has 0 radical (unpaired) electrons. The molecule has 0 aliphatic carbocycles. The first-order chi connectivity index (χ1) is 10.2. The highest BCUT2D eigenvalue weighted by atomic mass is 16.5. The molecule has 3 heterocycles. The lowest BCUT2D eigenvalue weighted by Gasteiger charge is -2.11. The Labute approximate surface area is 123 Å². The molecule has 1 aliphatic heterocycles. The third-order valence-electron chi connectivity index (χ3n) is 3.64. The van der Waals surface area contributed by atoms with Crippen molar-refractivity contribution < 1.29 is 9.26 Å². The third-order valence-corrected chi connectivity index (χ3v) is 3.64. The second-order valence-electron chi connectivity index (χ2n) is 5.34. The van der Waals surface area contributed by atoms with Crippen molar-refractivity contribution in [1.29, 1.82) is 0 Å². The summed E-state index contributed by atoms with van der Waals surface area (Å²) in [6.45, 7) is 6.43. The number of aryl methyl sites for hydroxylation is 2. The van der Waals surface area contributed by atoms with Gasteiger partial charge in [-0.05, 0) is 26.7 Å². The molecule has 1 fully saturated rings. The zero-order valence-electron chi connectivity index (χ0n) is 12.5. The van der Waals surface area contributed by atoms with E-state index < -0.39 is 0 Å². The minimum absolute atomic E-state index is 0.0548. The Bertz CT molecular complexity index is 579. The molecule has 114 valence electrons. The number of nitrogens with zero attached hydrogens (tertiary/aromatic N) is 4. The first kappa shape index (κ1) is 14.2. The molecule has 3 rings (SSSR count). The molecule has 21 heavy (non-hydrogen) atoms. The van der Waals surface area contributed by atoms with E-state index in [0.717, 1.165) is 32.5 Å². The summed E-state index contributed by atoms with van der Waals surface area (Å²) in [6.07, 6.45) is 6.04. The van der Waals surface area contributed by atoms with Crippen LogP contribution in [0.25, 0.3) is 0 Å². The van der Waals surface area contributed by atoms with Crippen LogP contribution in [0.3, 0.4) is 0 Å². The number of hydrogen-bond acceptors (Lipinski definition) is 6. The molecule has 2 aromatic heterocycles. The van der Waals surface area contributed by atoms with E-state index in [2.05, 4.69) is 33.7 Å². The van der Waals surface area contributed by atoms with Crippen molar-refractivity contribution in [2.24, 2.45) is 0 Å². The summed E-state index contributed by atoms with van der Waals surface area (Å²) in [5.74, 6) is 1.25. The van der Waals surface area contributed by atoms with Gasteiger partial charge >= 0.3 is 0 Å². The lowest BCUT2D eigenvalue weighted by molar-refractivity contribution is 0.0264. The summed E-state index contributed by atoms with van der Waals surface area (Å²) in [7, 11) is 0. The van der Waals surface area contributed by atoms with Crippen LogP contribution in [-0.4, -0.2) is 32.6 Å². The van der Waals surface area contributed by atoms with E-state index in [9.17, 15) is 0 Å². The van der Waals surface area contributed by atoms with Crippen molar-refractivity contribution in [1.82, 2.24) is 25.2 Å². The van der Waals surface area contributed by atoms with Crippen LogP contribution >= 0.6 is 0 Å². The average Bonchev–Trinajstić information content (AvgIpc) is 3.19. The van der Waals surface area contributed by atoms with Crippen LogP contribution in [0.15, 0.2) is 16.9 Å². The molecule has 0 spiro atoms. The fourth-order valence-corrected chi connectivity index (χ4v) is 2.53. The van der Waals surface area contributed by atoms with Crippen LogP contribution in [0.1, 0.15) is 43.1 Å².